The molecule has 1 fully saturated rings. The Bertz CT molecular complexity index is 961. The van der Waals surface area contributed by atoms with Gasteiger partial charge in [0.2, 0.25) is 5.82 Å². The maximum atomic E-state index is 13.6. The summed E-state index contributed by atoms with van der Waals surface area (Å²) in [7, 11) is 0. The van der Waals surface area contributed by atoms with Gasteiger partial charge in [-0.2, -0.15) is 0 Å². The molecule has 3 aliphatic heterocycles. The van der Waals surface area contributed by atoms with Crippen LogP contribution in [-0.2, 0) is 24.1 Å². The lowest BCUT2D eigenvalue weighted by molar-refractivity contribution is 0.0298. The zero-order valence-corrected chi connectivity index (χ0v) is 16.8. The molecule has 2 amide bonds. The number of hydrogen-bond donors (Lipinski definition) is 0. The molecule has 5 rings (SSSR count). The van der Waals surface area contributed by atoms with Crippen LogP contribution in [0.2, 0.25) is 0 Å². The highest BCUT2D eigenvalue weighted by molar-refractivity contribution is 6.07. The molecule has 4 heterocycles. The normalized spacial score (nSPS) is 21.1. The van der Waals surface area contributed by atoms with Crippen LogP contribution in [-0.4, -0.2) is 58.6 Å². The molecule has 7 nitrogen and oxygen atoms in total. The second-order valence-electron chi connectivity index (χ2n) is 8.10. The fourth-order valence-corrected chi connectivity index (χ4v) is 4.78. The van der Waals surface area contributed by atoms with Crippen LogP contribution < -0.4 is 4.90 Å². The Balaban J connectivity index is 1.53. The molecule has 3 aliphatic rings. The summed E-state index contributed by atoms with van der Waals surface area (Å²) in [6.07, 6.45) is 3.65. The molecular weight excluding hydrogens is 368 g/mol. The van der Waals surface area contributed by atoms with Gasteiger partial charge in [-0.05, 0) is 44.2 Å². The van der Waals surface area contributed by atoms with E-state index in [4.69, 9.17) is 4.74 Å². The van der Waals surface area contributed by atoms with Gasteiger partial charge in [-0.25, -0.2) is 4.98 Å². The quantitative estimate of drug-likeness (QED) is 0.784. The van der Waals surface area contributed by atoms with Gasteiger partial charge in [0.05, 0.1) is 18.9 Å². The van der Waals surface area contributed by atoms with Gasteiger partial charge in [0.1, 0.15) is 5.69 Å². The smallest absolute Gasteiger partial charge is 0.294 e. The number of aromatic nitrogens is 2. The topological polar surface area (TPSA) is 67.7 Å². The van der Waals surface area contributed by atoms with Crippen LogP contribution in [0.5, 0.6) is 0 Å². The second-order valence-corrected chi connectivity index (χ2v) is 8.10. The first-order chi connectivity index (χ1) is 14.1. The van der Waals surface area contributed by atoms with E-state index >= 15 is 0 Å². The number of morpholine rings is 1. The van der Waals surface area contributed by atoms with E-state index in [1.807, 2.05) is 27.7 Å². The number of nitrogens with zero attached hydrogens (tertiary/aromatic N) is 4. The lowest BCUT2D eigenvalue weighted by Gasteiger charge is -2.26. The lowest BCUT2D eigenvalue weighted by Crippen LogP contribution is -2.41. The van der Waals surface area contributed by atoms with Crippen LogP contribution in [0.3, 0.4) is 0 Å². The number of carbonyl (C=O) groups excluding carboxylic acids is 2. The highest BCUT2D eigenvalue weighted by Gasteiger charge is 2.36. The van der Waals surface area contributed by atoms with E-state index in [9.17, 15) is 9.59 Å². The zero-order valence-electron chi connectivity index (χ0n) is 16.8. The van der Waals surface area contributed by atoms with Crippen molar-refractivity contribution >= 4 is 17.5 Å². The van der Waals surface area contributed by atoms with Gasteiger partial charge in [0.15, 0.2) is 0 Å². The fraction of sp³-hybridized carbons (Fsp3) is 0.500. The Morgan fingerprint density at radius 3 is 2.69 bits per heavy atom. The van der Waals surface area contributed by atoms with Crippen LogP contribution in [0.1, 0.15) is 52.1 Å². The summed E-state index contributed by atoms with van der Waals surface area (Å²) in [4.78, 5) is 35.1. The summed E-state index contributed by atoms with van der Waals surface area (Å²) in [5.74, 6) is 0.222. The molecule has 0 radical (unpaired) electrons. The summed E-state index contributed by atoms with van der Waals surface area (Å²) in [5.41, 5.74) is 3.51. The Hall–Kier alpha value is -2.67. The molecule has 0 saturated carbocycles. The number of fused-ring (bicyclic) bond motifs is 2. The Labute approximate surface area is 170 Å². The highest BCUT2D eigenvalue weighted by Crippen LogP contribution is 2.34. The number of rotatable bonds is 2. The van der Waals surface area contributed by atoms with Crippen LogP contribution in [0.4, 0.5) is 5.69 Å². The molecule has 2 aromatic rings. The molecule has 152 valence electrons. The van der Waals surface area contributed by atoms with Gasteiger partial charge in [0, 0.05) is 31.4 Å². The van der Waals surface area contributed by atoms with Crippen molar-refractivity contribution in [2.75, 3.05) is 31.2 Å². The maximum absolute atomic E-state index is 13.6. The molecule has 0 spiro atoms. The fourth-order valence-electron chi connectivity index (χ4n) is 4.78. The molecule has 7 heteroatoms. The Morgan fingerprint density at radius 1 is 1.07 bits per heavy atom. The molecule has 0 aliphatic carbocycles. The lowest BCUT2D eigenvalue weighted by atomic mass is 10.1. The Kier molecular flexibility index (Phi) is 4.62. The third kappa shape index (κ3) is 3.04. The number of amides is 2. The molecule has 0 N–H and O–H groups in total. The Morgan fingerprint density at radius 2 is 1.86 bits per heavy atom. The second kappa shape index (κ2) is 7.30. The molecular formula is C22H26N4O3. The largest absolute Gasteiger partial charge is 0.378 e. The van der Waals surface area contributed by atoms with Crippen molar-refractivity contribution in [3.8, 4) is 0 Å². The van der Waals surface area contributed by atoms with Gasteiger partial charge in [-0.15, -0.1) is 0 Å². The first-order valence-corrected chi connectivity index (χ1v) is 10.5. The maximum Gasteiger partial charge on any atom is 0.294 e. The minimum absolute atomic E-state index is 0.0760. The average molecular weight is 394 g/mol. The van der Waals surface area contributed by atoms with Crippen molar-refractivity contribution in [1.29, 1.82) is 0 Å². The molecule has 1 atom stereocenters. The SMILES string of the molecule is CC1Cc2ccccc2N1C(=O)c1nc(C(=O)N2CCOCC2)c2n1CCCC2. The van der Waals surface area contributed by atoms with E-state index in [0.29, 0.717) is 37.8 Å². The first kappa shape index (κ1) is 18.4. The number of anilines is 1. The van der Waals surface area contributed by atoms with Crippen molar-refractivity contribution in [3.63, 3.8) is 0 Å². The predicted molar refractivity (Wildman–Crippen MR) is 108 cm³/mol. The van der Waals surface area contributed by atoms with Gasteiger partial charge in [-0.3, -0.25) is 9.59 Å². The van der Waals surface area contributed by atoms with E-state index in [0.717, 1.165) is 43.6 Å². The number of benzene rings is 1. The van der Waals surface area contributed by atoms with Crippen LogP contribution in [0, 0.1) is 0 Å². The molecule has 29 heavy (non-hydrogen) atoms. The molecule has 1 unspecified atom stereocenters. The summed E-state index contributed by atoms with van der Waals surface area (Å²) in [6, 6.07) is 8.13. The zero-order chi connectivity index (χ0) is 20.0. The van der Waals surface area contributed by atoms with Crippen molar-refractivity contribution in [2.45, 2.75) is 45.2 Å². The number of hydrogen-bond acceptors (Lipinski definition) is 4. The monoisotopic (exact) mass is 394 g/mol. The summed E-state index contributed by atoms with van der Waals surface area (Å²) in [5, 5.41) is 0. The number of imidazole rings is 1. The van der Waals surface area contributed by atoms with E-state index in [2.05, 4.69) is 18.0 Å². The predicted octanol–water partition coefficient (Wildman–Crippen LogP) is 2.28. The van der Waals surface area contributed by atoms with Gasteiger partial charge >= 0.3 is 0 Å². The van der Waals surface area contributed by atoms with Gasteiger partial charge < -0.3 is 19.1 Å². The molecule has 1 aromatic heterocycles. The van der Waals surface area contributed by atoms with Crippen molar-refractivity contribution in [3.05, 3.63) is 47.0 Å². The number of carbonyl (C=O) groups is 2. The van der Waals surface area contributed by atoms with Gasteiger partial charge in [-0.1, -0.05) is 18.2 Å². The highest BCUT2D eigenvalue weighted by atomic mass is 16.5. The summed E-state index contributed by atoms with van der Waals surface area (Å²) >= 11 is 0. The van der Waals surface area contributed by atoms with E-state index in [1.165, 1.54) is 5.56 Å². The number of para-hydroxylation sites is 1. The molecule has 0 bridgehead atoms. The van der Waals surface area contributed by atoms with E-state index < -0.39 is 0 Å². The van der Waals surface area contributed by atoms with E-state index in [1.54, 1.807) is 4.90 Å². The average Bonchev–Trinajstić information content (AvgIpc) is 3.31. The van der Waals surface area contributed by atoms with Crippen LogP contribution in [0.25, 0.3) is 0 Å². The van der Waals surface area contributed by atoms with Gasteiger partial charge in [0.25, 0.3) is 11.8 Å². The van der Waals surface area contributed by atoms with Crippen molar-refractivity contribution in [2.24, 2.45) is 0 Å². The molecule has 1 saturated heterocycles. The van der Waals surface area contributed by atoms with Crippen molar-refractivity contribution in [1.82, 2.24) is 14.5 Å². The third-order valence-electron chi connectivity index (χ3n) is 6.24. The first-order valence-electron chi connectivity index (χ1n) is 10.5. The third-order valence-corrected chi connectivity index (χ3v) is 6.24. The van der Waals surface area contributed by atoms with Crippen molar-refractivity contribution < 1.29 is 14.3 Å². The van der Waals surface area contributed by atoms with Crippen LogP contribution >= 0.6 is 0 Å². The van der Waals surface area contributed by atoms with Crippen LogP contribution in [0.15, 0.2) is 24.3 Å². The summed E-state index contributed by atoms with van der Waals surface area (Å²) < 4.78 is 7.37. The van der Waals surface area contributed by atoms with E-state index in [-0.39, 0.29) is 17.9 Å². The minimum atomic E-state index is -0.105. The molecule has 1 aromatic carbocycles. The standard InChI is InChI=1S/C22H26N4O3/c1-15-14-16-6-2-3-7-17(16)26(15)22(28)20-23-19(18-8-4-5-9-25(18)20)21(27)24-10-12-29-13-11-24/h2-3,6-7,15H,4-5,8-14H2,1H3. The number of ether oxygens (including phenoxy) is 1. The summed E-state index contributed by atoms with van der Waals surface area (Å²) in [6.45, 7) is 5.06. The minimum Gasteiger partial charge on any atom is -0.378 e.